The van der Waals surface area contributed by atoms with Crippen LogP contribution >= 0.6 is 11.6 Å². The van der Waals surface area contributed by atoms with E-state index in [1.165, 1.54) is 7.11 Å². The third kappa shape index (κ3) is 1.44. The third-order valence-electron chi connectivity index (χ3n) is 2.51. The maximum absolute atomic E-state index is 9.93. The van der Waals surface area contributed by atoms with Gasteiger partial charge in [0, 0.05) is 10.8 Å². The van der Waals surface area contributed by atoms with Crippen LogP contribution in [0, 0.1) is 6.92 Å². The van der Waals surface area contributed by atoms with Gasteiger partial charge in [0.25, 0.3) is 0 Å². The van der Waals surface area contributed by atoms with Gasteiger partial charge in [0.1, 0.15) is 10.8 Å². The molecule has 0 aliphatic carbocycles. The first-order chi connectivity index (χ1) is 7.56. The minimum Gasteiger partial charge on any atom is -0.506 e. The molecule has 2 N–H and O–H groups in total. The Morgan fingerprint density at radius 1 is 1.12 bits per heavy atom. The number of phenols is 2. The Balaban J connectivity index is 2.95. The molecule has 0 atom stereocenters. The van der Waals surface area contributed by atoms with Crippen molar-refractivity contribution in [1.29, 1.82) is 0 Å². The summed E-state index contributed by atoms with van der Waals surface area (Å²) in [6.07, 6.45) is 0. The van der Waals surface area contributed by atoms with E-state index in [4.69, 9.17) is 16.3 Å². The van der Waals surface area contributed by atoms with E-state index in [0.717, 1.165) is 5.56 Å². The molecule has 2 rings (SSSR count). The highest BCUT2D eigenvalue weighted by atomic mass is 35.5. The Kier molecular flexibility index (Phi) is 2.56. The fraction of sp³-hybridized carbons (Fsp3) is 0.167. The number of hydrogen-bond acceptors (Lipinski definition) is 3. The van der Waals surface area contributed by atoms with Crippen LogP contribution in [-0.2, 0) is 0 Å². The van der Waals surface area contributed by atoms with Gasteiger partial charge in [0.15, 0.2) is 11.5 Å². The summed E-state index contributed by atoms with van der Waals surface area (Å²) < 4.78 is 4.95. The quantitative estimate of drug-likeness (QED) is 0.750. The highest BCUT2D eigenvalue weighted by Crippen LogP contribution is 2.47. The Morgan fingerprint density at radius 2 is 1.81 bits per heavy atom. The Hall–Kier alpha value is -1.61. The standard InChI is InChI=1S/C12H11ClO3/c1-6-3-4-7-8(5-6)10(14)9(13)12(16-2)11(7)15/h3-5,14-15H,1-2H3. The van der Waals surface area contributed by atoms with E-state index in [1.54, 1.807) is 12.1 Å². The molecule has 0 heterocycles. The molecule has 0 aliphatic rings. The first-order valence-corrected chi connectivity index (χ1v) is 5.11. The van der Waals surface area contributed by atoms with Gasteiger partial charge in [0.05, 0.1) is 7.11 Å². The predicted molar refractivity (Wildman–Crippen MR) is 63.6 cm³/mol. The smallest absolute Gasteiger partial charge is 0.183 e. The molecule has 0 aliphatic heterocycles. The second kappa shape index (κ2) is 3.76. The summed E-state index contributed by atoms with van der Waals surface area (Å²) in [6.45, 7) is 1.90. The summed E-state index contributed by atoms with van der Waals surface area (Å²) in [6, 6.07) is 5.32. The number of methoxy groups -OCH3 is 1. The van der Waals surface area contributed by atoms with Crippen molar-refractivity contribution in [3.8, 4) is 17.2 Å². The number of phenolic OH excluding ortho intramolecular Hbond substituents is 2. The van der Waals surface area contributed by atoms with E-state index in [1.807, 2.05) is 13.0 Å². The van der Waals surface area contributed by atoms with Crippen LogP contribution in [0.1, 0.15) is 5.56 Å². The number of benzene rings is 2. The van der Waals surface area contributed by atoms with Gasteiger partial charge in [-0.25, -0.2) is 0 Å². The van der Waals surface area contributed by atoms with Crippen LogP contribution in [-0.4, -0.2) is 17.3 Å². The second-order valence-corrected chi connectivity index (χ2v) is 3.97. The number of aryl methyl sites for hydroxylation is 1. The van der Waals surface area contributed by atoms with Crippen LogP contribution in [0.2, 0.25) is 5.02 Å². The predicted octanol–water partition coefficient (Wildman–Crippen LogP) is 3.22. The number of aromatic hydroxyl groups is 2. The van der Waals surface area contributed by atoms with Crippen molar-refractivity contribution in [1.82, 2.24) is 0 Å². The van der Waals surface area contributed by atoms with Crippen molar-refractivity contribution in [2.24, 2.45) is 0 Å². The molecule has 0 spiro atoms. The molecule has 0 amide bonds. The average molecular weight is 239 g/mol. The van der Waals surface area contributed by atoms with Crippen LogP contribution in [0.15, 0.2) is 18.2 Å². The van der Waals surface area contributed by atoms with Gasteiger partial charge < -0.3 is 14.9 Å². The van der Waals surface area contributed by atoms with Crippen molar-refractivity contribution in [3.05, 3.63) is 28.8 Å². The van der Waals surface area contributed by atoms with E-state index < -0.39 is 0 Å². The number of hydrogen-bond donors (Lipinski definition) is 2. The summed E-state index contributed by atoms with van der Waals surface area (Å²) in [5.74, 6) is -0.0363. The molecular formula is C12H11ClO3. The normalized spacial score (nSPS) is 10.7. The van der Waals surface area contributed by atoms with Crippen molar-refractivity contribution < 1.29 is 14.9 Å². The first-order valence-electron chi connectivity index (χ1n) is 4.74. The number of fused-ring (bicyclic) bond motifs is 1. The number of rotatable bonds is 1. The van der Waals surface area contributed by atoms with Gasteiger partial charge in [-0.2, -0.15) is 0 Å². The molecular weight excluding hydrogens is 228 g/mol. The molecule has 0 radical (unpaired) electrons. The van der Waals surface area contributed by atoms with E-state index >= 15 is 0 Å². The maximum Gasteiger partial charge on any atom is 0.183 e. The molecule has 2 aromatic rings. The fourth-order valence-electron chi connectivity index (χ4n) is 1.70. The topological polar surface area (TPSA) is 49.7 Å². The molecule has 0 bridgehead atoms. The molecule has 0 fully saturated rings. The number of ether oxygens (including phenoxy) is 1. The Labute approximate surface area is 97.8 Å². The third-order valence-corrected chi connectivity index (χ3v) is 2.86. The summed E-state index contributed by atoms with van der Waals surface area (Å²) >= 11 is 5.89. The molecule has 84 valence electrons. The summed E-state index contributed by atoms with van der Waals surface area (Å²) in [5, 5.41) is 20.9. The second-order valence-electron chi connectivity index (χ2n) is 3.59. The minimum absolute atomic E-state index is 0.0260. The molecule has 0 unspecified atom stereocenters. The SMILES string of the molecule is COc1c(Cl)c(O)c2cc(C)ccc2c1O. The largest absolute Gasteiger partial charge is 0.506 e. The van der Waals surface area contributed by atoms with E-state index in [9.17, 15) is 10.2 Å². The average Bonchev–Trinajstić information content (AvgIpc) is 2.27. The molecule has 3 nitrogen and oxygen atoms in total. The highest BCUT2D eigenvalue weighted by molar-refractivity contribution is 6.35. The van der Waals surface area contributed by atoms with Crippen molar-refractivity contribution in [2.75, 3.05) is 7.11 Å². The van der Waals surface area contributed by atoms with Gasteiger partial charge in [-0.3, -0.25) is 0 Å². The lowest BCUT2D eigenvalue weighted by molar-refractivity contribution is 0.373. The Morgan fingerprint density at radius 3 is 2.44 bits per heavy atom. The highest BCUT2D eigenvalue weighted by Gasteiger charge is 2.17. The first kappa shape index (κ1) is 10.9. The van der Waals surface area contributed by atoms with Crippen LogP contribution in [0.3, 0.4) is 0 Å². The van der Waals surface area contributed by atoms with E-state index in [2.05, 4.69) is 0 Å². The number of halogens is 1. The van der Waals surface area contributed by atoms with E-state index in [-0.39, 0.29) is 22.3 Å². The zero-order chi connectivity index (χ0) is 11.9. The molecule has 2 aromatic carbocycles. The molecule has 4 heteroatoms. The lowest BCUT2D eigenvalue weighted by Gasteiger charge is -2.11. The van der Waals surface area contributed by atoms with Crippen LogP contribution in [0.4, 0.5) is 0 Å². The van der Waals surface area contributed by atoms with Crippen LogP contribution in [0.25, 0.3) is 10.8 Å². The molecule has 0 saturated heterocycles. The van der Waals surface area contributed by atoms with Gasteiger partial charge in [-0.05, 0) is 13.0 Å². The molecule has 0 saturated carbocycles. The van der Waals surface area contributed by atoms with Crippen molar-refractivity contribution in [3.63, 3.8) is 0 Å². The monoisotopic (exact) mass is 238 g/mol. The summed E-state index contributed by atoms with van der Waals surface area (Å²) in [7, 11) is 1.39. The summed E-state index contributed by atoms with van der Waals surface area (Å²) in [5.41, 5.74) is 0.975. The van der Waals surface area contributed by atoms with Crippen molar-refractivity contribution >= 4 is 22.4 Å². The Bertz CT molecular complexity index is 564. The van der Waals surface area contributed by atoms with Crippen LogP contribution < -0.4 is 4.74 Å². The molecule has 0 aromatic heterocycles. The zero-order valence-electron chi connectivity index (χ0n) is 8.91. The maximum atomic E-state index is 9.93. The minimum atomic E-state index is -0.0741. The van der Waals surface area contributed by atoms with Gasteiger partial charge in [0.2, 0.25) is 0 Å². The fourth-order valence-corrected chi connectivity index (χ4v) is 1.97. The summed E-state index contributed by atoms with van der Waals surface area (Å²) in [4.78, 5) is 0. The molecule has 16 heavy (non-hydrogen) atoms. The van der Waals surface area contributed by atoms with Crippen LogP contribution in [0.5, 0.6) is 17.2 Å². The van der Waals surface area contributed by atoms with Crippen molar-refractivity contribution in [2.45, 2.75) is 6.92 Å². The lowest BCUT2D eigenvalue weighted by Crippen LogP contribution is -1.88. The lowest BCUT2D eigenvalue weighted by atomic mass is 10.1. The van der Waals surface area contributed by atoms with Gasteiger partial charge in [-0.1, -0.05) is 29.3 Å². The van der Waals surface area contributed by atoms with Gasteiger partial charge in [-0.15, -0.1) is 0 Å². The zero-order valence-corrected chi connectivity index (χ0v) is 9.67. The van der Waals surface area contributed by atoms with Gasteiger partial charge >= 0.3 is 0 Å². The van der Waals surface area contributed by atoms with E-state index in [0.29, 0.717) is 10.8 Å².